The van der Waals surface area contributed by atoms with Crippen molar-refractivity contribution in [1.29, 1.82) is 0 Å². The molecule has 3 atom stereocenters. The third-order valence-electron chi connectivity index (χ3n) is 8.34. The van der Waals surface area contributed by atoms with Crippen molar-refractivity contribution in [2.24, 2.45) is 10.9 Å². The maximum absolute atomic E-state index is 13.5. The van der Waals surface area contributed by atoms with Gasteiger partial charge in [0.2, 0.25) is 13.2 Å². The lowest BCUT2D eigenvalue weighted by molar-refractivity contribution is 0.0342. The molecule has 220 valence electrons. The van der Waals surface area contributed by atoms with Crippen molar-refractivity contribution >= 4 is 29.9 Å². The Labute approximate surface area is 247 Å². The summed E-state index contributed by atoms with van der Waals surface area (Å²) in [5.41, 5.74) is 9.82. The van der Waals surface area contributed by atoms with Gasteiger partial charge in [-0.15, -0.1) is 0 Å². The van der Waals surface area contributed by atoms with E-state index >= 15 is 0 Å². The average molecular weight is 588 g/mol. The number of aliphatic imine (C=N–C) groups is 1. The van der Waals surface area contributed by atoms with Crippen molar-refractivity contribution in [2.75, 3.05) is 38.2 Å². The third-order valence-corrected chi connectivity index (χ3v) is 10.4. The molecular weight excluding hydrogens is 549 g/mol. The van der Waals surface area contributed by atoms with Gasteiger partial charge < -0.3 is 20.1 Å². The van der Waals surface area contributed by atoms with Crippen molar-refractivity contribution in [2.45, 2.75) is 44.8 Å². The number of allylic oxidation sites excluding steroid dienone is 2. The molecule has 10 heteroatoms. The van der Waals surface area contributed by atoms with Crippen molar-refractivity contribution in [1.82, 2.24) is 14.9 Å². The first-order valence-corrected chi connectivity index (χ1v) is 16.4. The Kier molecular flexibility index (Phi) is 8.03. The Morgan fingerprint density at radius 1 is 1.07 bits per heavy atom. The van der Waals surface area contributed by atoms with Crippen LogP contribution in [-0.2, 0) is 15.8 Å². The standard InChI is InChI=1S/C32H38N5O4P/c1-32(2)29(36-28-30(33)34-21-35-31(28)41-32)26-12-10-25(11-13-26)24-8-6-22(7-9-24)20-42(38,39)27-5-3-4-23(18-27)19-37-14-16-40-17-15-37/h3-6,8,10-13,18,21-22,24H,7,9,14-17,19-20H2,1-2H3,(H,38,39)(H2,33,34,35)/t22-,24-/m1/s1. The Hall–Kier alpha value is -3.36. The van der Waals surface area contributed by atoms with E-state index in [4.69, 9.17) is 20.2 Å². The normalized spacial score (nSPS) is 23.4. The quantitative estimate of drug-likeness (QED) is 0.298. The molecule has 2 aromatic carbocycles. The largest absolute Gasteiger partial charge is 0.463 e. The number of benzene rings is 2. The van der Waals surface area contributed by atoms with Crippen LogP contribution in [0.1, 0.15) is 49.3 Å². The van der Waals surface area contributed by atoms with Crippen LogP contribution in [0.4, 0.5) is 11.5 Å². The Morgan fingerprint density at radius 2 is 1.86 bits per heavy atom. The second-order valence-corrected chi connectivity index (χ2v) is 14.2. The number of rotatable bonds is 7. The number of anilines is 1. The number of fused-ring (bicyclic) bond motifs is 1. The minimum Gasteiger partial charge on any atom is -0.463 e. The molecule has 3 aromatic rings. The summed E-state index contributed by atoms with van der Waals surface area (Å²) in [7, 11) is -3.48. The molecule has 0 bridgehead atoms. The Balaban J connectivity index is 1.11. The zero-order chi connectivity index (χ0) is 29.3. The van der Waals surface area contributed by atoms with Crippen LogP contribution in [0.5, 0.6) is 5.88 Å². The van der Waals surface area contributed by atoms with Gasteiger partial charge in [-0.3, -0.25) is 9.46 Å². The summed E-state index contributed by atoms with van der Waals surface area (Å²) in [5.74, 6) is 1.01. The highest BCUT2D eigenvalue weighted by Gasteiger charge is 2.35. The number of hydrogen-bond donors (Lipinski definition) is 2. The van der Waals surface area contributed by atoms with Gasteiger partial charge in [0.05, 0.1) is 18.9 Å². The molecule has 0 amide bonds. The van der Waals surface area contributed by atoms with E-state index in [2.05, 4.69) is 51.3 Å². The van der Waals surface area contributed by atoms with Gasteiger partial charge in [0.15, 0.2) is 11.5 Å². The Bertz CT molecular complexity index is 1550. The molecule has 1 fully saturated rings. The van der Waals surface area contributed by atoms with Crippen molar-refractivity contribution in [3.63, 3.8) is 0 Å². The first-order valence-electron chi connectivity index (χ1n) is 14.6. The highest BCUT2D eigenvalue weighted by molar-refractivity contribution is 7.66. The maximum Gasteiger partial charge on any atom is 0.246 e. The lowest BCUT2D eigenvalue weighted by atomic mass is 9.84. The molecule has 9 nitrogen and oxygen atoms in total. The van der Waals surface area contributed by atoms with Crippen LogP contribution in [-0.4, -0.2) is 63.5 Å². The lowest BCUT2D eigenvalue weighted by Crippen LogP contribution is -2.41. The zero-order valence-electron chi connectivity index (χ0n) is 24.1. The fraction of sp³-hybridized carbons (Fsp3) is 0.406. The Morgan fingerprint density at radius 3 is 2.60 bits per heavy atom. The van der Waals surface area contributed by atoms with Gasteiger partial charge in [-0.25, -0.2) is 9.98 Å². The van der Waals surface area contributed by atoms with Crippen LogP contribution >= 0.6 is 7.37 Å². The molecule has 6 rings (SSSR count). The predicted molar refractivity (Wildman–Crippen MR) is 165 cm³/mol. The van der Waals surface area contributed by atoms with Gasteiger partial charge in [-0.05, 0) is 55.9 Å². The van der Waals surface area contributed by atoms with E-state index in [0.717, 1.165) is 62.5 Å². The summed E-state index contributed by atoms with van der Waals surface area (Å²) >= 11 is 0. The van der Waals surface area contributed by atoms with Gasteiger partial charge in [-0.2, -0.15) is 4.98 Å². The second-order valence-electron chi connectivity index (χ2n) is 11.9. The minimum absolute atomic E-state index is 0.0709. The monoisotopic (exact) mass is 587 g/mol. The number of hydrogen-bond acceptors (Lipinski definition) is 8. The molecule has 3 N–H and O–H groups in total. The molecule has 1 aromatic heterocycles. The second kappa shape index (κ2) is 11.7. The molecule has 0 radical (unpaired) electrons. The van der Waals surface area contributed by atoms with Gasteiger partial charge in [0.1, 0.15) is 11.9 Å². The molecular formula is C32H38N5O4P. The van der Waals surface area contributed by atoms with E-state index in [-0.39, 0.29) is 18.0 Å². The minimum atomic E-state index is -3.48. The summed E-state index contributed by atoms with van der Waals surface area (Å²) in [6, 6.07) is 16.0. The van der Waals surface area contributed by atoms with Crippen molar-refractivity contribution in [3.8, 4) is 5.88 Å². The molecule has 0 saturated carbocycles. The number of ether oxygens (including phenoxy) is 2. The highest BCUT2D eigenvalue weighted by Crippen LogP contribution is 2.45. The number of nitrogen functional groups attached to an aromatic ring is 1. The van der Waals surface area contributed by atoms with Crippen LogP contribution in [0, 0.1) is 5.92 Å². The van der Waals surface area contributed by atoms with Crippen molar-refractivity contribution in [3.05, 3.63) is 83.7 Å². The summed E-state index contributed by atoms with van der Waals surface area (Å²) in [5, 5.41) is 0.549. The summed E-state index contributed by atoms with van der Waals surface area (Å²) < 4.78 is 25.0. The molecule has 2 aliphatic heterocycles. The zero-order valence-corrected chi connectivity index (χ0v) is 25.0. The van der Waals surface area contributed by atoms with Crippen molar-refractivity contribution < 1.29 is 18.9 Å². The average Bonchev–Trinajstić information content (AvgIpc) is 2.98. The SMILES string of the molecule is CC1(C)Oc2ncnc(N)c2N=C1c1ccc([C@@H]2C=C[C@@H](CP(=O)(O)c3cccc(CN4CCOCC4)c3)CC2)cc1. The van der Waals surface area contributed by atoms with Crippen LogP contribution in [0.3, 0.4) is 0 Å². The molecule has 1 unspecified atom stereocenters. The number of aromatic nitrogens is 2. The first kappa shape index (κ1) is 28.7. The smallest absolute Gasteiger partial charge is 0.246 e. The molecule has 1 aliphatic carbocycles. The fourth-order valence-corrected chi connectivity index (χ4v) is 7.85. The van der Waals surface area contributed by atoms with Gasteiger partial charge >= 0.3 is 0 Å². The lowest BCUT2D eigenvalue weighted by Gasteiger charge is -2.32. The molecule has 42 heavy (non-hydrogen) atoms. The molecule has 1 saturated heterocycles. The molecule has 0 spiro atoms. The number of nitrogens with zero attached hydrogens (tertiary/aromatic N) is 4. The maximum atomic E-state index is 13.5. The van der Waals surface area contributed by atoms with Gasteiger partial charge in [-0.1, -0.05) is 48.6 Å². The van der Waals surface area contributed by atoms with Gasteiger partial charge in [0.25, 0.3) is 0 Å². The van der Waals surface area contributed by atoms with Crippen LogP contribution < -0.4 is 15.8 Å². The van der Waals surface area contributed by atoms with E-state index < -0.39 is 13.0 Å². The van der Waals surface area contributed by atoms with E-state index in [1.165, 1.54) is 11.9 Å². The fourth-order valence-electron chi connectivity index (χ4n) is 6.01. The van der Waals surface area contributed by atoms with E-state index in [1.54, 1.807) is 6.07 Å². The third kappa shape index (κ3) is 6.20. The van der Waals surface area contributed by atoms with E-state index in [1.807, 2.05) is 32.0 Å². The highest BCUT2D eigenvalue weighted by atomic mass is 31.2. The van der Waals surface area contributed by atoms with Gasteiger partial charge in [0, 0.05) is 42.6 Å². The number of nitrogens with two attached hydrogens (primary N) is 1. The topological polar surface area (TPSA) is 123 Å². The van der Waals surface area contributed by atoms with Crippen LogP contribution in [0.15, 0.2) is 72.0 Å². The summed E-state index contributed by atoms with van der Waals surface area (Å²) in [4.78, 5) is 26.4. The van der Waals surface area contributed by atoms with E-state index in [9.17, 15) is 9.46 Å². The summed E-state index contributed by atoms with van der Waals surface area (Å²) in [6.45, 7) is 7.95. The van der Waals surface area contributed by atoms with E-state index in [0.29, 0.717) is 22.7 Å². The van der Waals surface area contributed by atoms with Crippen LogP contribution in [0.2, 0.25) is 0 Å². The van der Waals surface area contributed by atoms with Crippen LogP contribution in [0.25, 0.3) is 0 Å². The summed E-state index contributed by atoms with van der Waals surface area (Å²) in [6.07, 6.45) is 7.76. The first-order chi connectivity index (χ1) is 20.2. The molecule has 3 heterocycles. The predicted octanol–water partition coefficient (Wildman–Crippen LogP) is 4.83. The molecule has 3 aliphatic rings. The number of morpholine rings is 1.